The number of thioether (sulfide) groups is 1. The molecule has 36 heavy (non-hydrogen) atoms. The Bertz CT molecular complexity index is 1390. The van der Waals surface area contributed by atoms with E-state index in [2.05, 4.69) is 10.4 Å². The fourth-order valence-electron chi connectivity index (χ4n) is 4.40. The largest absolute Gasteiger partial charge is 0.416 e. The number of nitrogens with one attached hydrogen (secondary N) is 1. The Morgan fingerprint density at radius 1 is 1.22 bits per heavy atom. The lowest BCUT2D eigenvalue weighted by Gasteiger charge is -2.17. The minimum absolute atomic E-state index is 0.00236. The van der Waals surface area contributed by atoms with Gasteiger partial charge in [0, 0.05) is 29.5 Å². The first-order valence-electron chi connectivity index (χ1n) is 11.1. The SMILES string of the molecule is O=C1SC(=Cc2ccc3c(cnn3Cc3ccc(Cl)cc3C(F)(F)F)c2)C(=O)N1C[C@H]1C[C@@H](O)CN1. The summed E-state index contributed by atoms with van der Waals surface area (Å²) in [6.07, 6.45) is -1.41. The minimum atomic E-state index is -4.55. The van der Waals surface area contributed by atoms with Crippen molar-refractivity contribution in [3.8, 4) is 0 Å². The molecule has 0 bridgehead atoms. The summed E-state index contributed by atoms with van der Waals surface area (Å²) < 4.78 is 41.9. The Kier molecular flexibility index (Phi) is 6.58. The number of hydrogen-bond donors (Lipinski definition) is 2. The second kappa shape index (κ2) is 9.55. The van der Waals surface area contributed by atoms with Crippen LogP contribution in [0.1, 0.15) is 23.1 Å². The van der Waals surface area contributed by atoms with E-state index in [0.717, 1.165) is 17.8 Å². The molecule has 0 aliphatic carbocycles. The molecule has 3 aromatic rings. The van der Waals surface area contributed by atoms with Crippen LogP contribution in [-0.2, 0) is 17.5 Å². The van der Waals surface area contributed by atoms with E-state index in [1.54, 1.807) is 30.5 Å². The molecule has 0 unspecified atom stereocenters. The van der Waals surface area contributed by atoms with Crippen molar-refractivity contribution in [1.82, 2.24) is 20.0 Å². The molecule has 0 saturated carbocycles. The van der Waals surface area contributed by atoms with Crippen molar-refractivity contribution in [2.45, 2.75) is 31.3 Å². The third kappa shape index (κ3) is 5.01. The molecule has 5 rings (SSSR count). The van der Waals surface area contributed by atoms with E-state index in [0.29, 0.717) is 29.4 Å². The van der Waals surface area contributed by atoms with Gasteiger partial charge in [-0.3, -0.25) is 19.2 Å². The number of hydrogen-bond acceptors (Lipinski definition) is 6. The molecule has 7 nitrogen and oxygen atoms in total. The van der Waals surface area contributed by atoms with Crippen LogP contribution in [0.5, 0.6) is 0 Å². The number of halogens is 4. The number of benzene rings is 2. The Balaban J connectivity index is 1.36. The number of nitrogens with zero attached hydrogens (tertiary/aromatic N) is 3. The van der Waals surface area contributed by atoms with Crippen LogP contribution in [0.2, 0.25) is 5.02 Å². The summed E-state index contributed by atoms with van der Waals surface area (Å²) in [5.41, 5.74) is 0.505. The zero-order valence-electron chi connectivity index (χ0n) is 18.6. The van der Waals surface area contributed by atoms with Crippen LogP contribution in [-0.4, -0.2) is 56.2 Å². The summed E-state index contributed by atoms with van der Waals surface area (Å²) in [7, 11) is 0. The van der Waals surface area contributed by atoms with E-state index < -0.39 is 23.8 Å². The number of aliphatic hydroxyl groups is 1. The zero-order chi connectivity index (χ0) is 25.6. The highest BCUT2D eigenvalue weighted by molar-refractivity contribution is 8.18. The normalized spacial score (nSPS) is 21.9. The highest BCUT2D eigenvalue weighted by Crippen LogP contribution is 2.35. The second-order valence-electron chi connectivity index (χ2n) is 8.71. The molecule has 0 spiro atoms. The third-order valence-corrected chi connectivity index (χ3v) is 7.28. The summed E-state index contributed by atoms with van der Waals surface area (Å²) in [4.78, 5) is 26.7. The zero-order valence-corrected chi connectivity index (χ0v) is 20.2. The van der Waals surface area contributed by atoms with Crippen molar-refractivity contribution >= 4 is 51.5 Å². The molecule has 0 radical (unpaired) electrons. The number of imide groups is 1. The number of amides is 2. The van der Waals surface area contributed by atoms with Gasteiger partial charge >= 0.3 is 6.18 Å². The van der Waals surface area contributed by atoms with Crippen LogP contribution in [0.3, 0.4) is 0 Å². The molecule has 2 atom stereocenters. The molecule has 2 aliphatic rings. The first kappa shape index (κ1) is 24.8. The molecule has 2 aromatic carbocycles. The average Bonchev–Trinajstić information content (AvgIpc) is 3.48. The summed E-state index contributed by atoms with van der Waals surface area (Å²) in [5, 5.41) is 17.3. The first-order chi connectivity index (χ1) is 17.1. The summed E-state index contributed by atoms with van der Waals surface area (Å²) >= 11 is 6.62. The van der Waals surface area contributed by atoms with Gasteiger partial charge < -0.3 is 10.4 Å². The van der Waals surface area contributed by atoms with E-state index in [-0.39, 0.29) is 39.9 Å². The van der Waals surface area contributed by atoms with Gasteiger partial charge in [0.2, 0.25) is 0 Å². The molecule has 1 aromatic heterocycles. The molecule has 2 fully saturated rings. The molecule has 12 heteroatoms. The van der Waals surface area contributed by atoms with Gasteiger partial charge in [-0.25, -0.2) is 0 Å². The predicted octanol–water partition coefficient (Wildman–Crippen LogP) is 4.52. The third-order valence-electron chi connectivity index (χ3n) is 6.14. The van der Waals surface area contributed by atoms with E-state index in [1.807, 2.05) is 0 Å². The fourth-order valence-corrected chi connectivity index (χ4v) is 5.42. The van der Waals surface area contributed by atoms with Gasteiger partial charge in [-0.2, -0.15) is 18.3 Å². The monoisotopic (exact) mass is 536 g/mol. The van der Waals surface area contributed by atoms with Gasteiger partial charge in [-0.15, -0.1) is 0 Å². The molecule has 2 saturated heterocycles. The number of rotatable bonds is 5. The van der Waals surface area contributed by atoms with Crippen molar-refractivity contribution in [2.75, 3.05) is 13.1 Å². The van der Waals surface area contributed by atoms with Crippen LogP contribution in [0, 0.1) is 0 Å². The van der Waals surface area contributed by atoms with E-state index >= 15 is 0 Å². The molecule has 2 aliphatic heterocycles. The number of aromatic nitrogens is 2. The Hall–Kier alpha value is -2.86. The van der Waals surface area contributed by atoms with E-state index in [4.69, 9.17) is 11.6 Å². The van der Waals surface area contributed by atoms with Gasteiger partial charge in [-0.1, -0.05) is 23.7 Å². The molecular formula is C24H20ClF3N4O3S. The van der Waals surface area contributed by atoms with Crippen LogP contribution in [0.4, 0.5) is 18.0 Å². The standard InChI is InChI=1S/C24H20ClF3N4O3S/c25-16-3-2-14(19(7-16)24(26,27)28)11-32-20-4-1-13(5-15(20)9-30-32)6-21-22(34)31(23(35)36-21)12-17-8-18(33)10-29-17/h1-7,9,17-18,29,33H,8,10-12H2/t17-,18-/m1/s1. The molecule has 3 heterocycles. The van der Waals surface area contributed by atoms with Crippen LogP contribution in [0.25, 0.3) is 17.0 Å². The highest BCUT2D eigenvalue weighted by Gasteiger charge is 2.38. The van der Waals surface area contributed by atoms with E-state index in [1.165, 1.54) is 21.7 Å². The lowest BCUT2D eigenvalue weighted by molar-refractivity contribution is -0.138. The van der Waals surface area contributed by atoms with Crippen LogP contribution < -0.4 is 5.32 Å². The van der Waals surface area contributed by atoms with Crippen molar-refractivity contribution in [1.29, 1.82) is 0 Å². The smallest absolute Gasteiger partial charge is 0.392 e. The Labute approximate surface area is 212 Å². The van der Waals surface area contributed by atoms with Gasteiger partial charge in [-0.05, 0) is 59.7 Å². The molecule has 188 valence electrons. The average molecular weight is 537 g/mol. The van der Waals surface area contributed by atoms with Crippen LogP contribution >= 0.6 is 23.4 Å². The van der Waals surface area contributed by atoms with Crippen molar-refractivity contribution < 1.29 is 27.9 Å². The number of β-amino-alcohol motifs (C(OH)–C–C–N with tert-alkyl or cyclic N) is 1. The number of fused-ring (bicyclic) bond motifs is 1. The van der Waals surface area contributed by atoms with Crippen LogP contribution in [0.15, 0.2) is 47.5 Å². The minimum Gasteiger partial charge on any atom is -0.392 e. The second-order valence-corrected chi connectivity index (χ2v) is 10.1. The number of aliphatic hydroxyl groups excluding tert-OH is 1. The Morgan fingerprint density at radius 3 is 2.75 bits per heavy atom. The predicted molar refractivity (Wildman–Crippen MR) is 130 cm³/mol. The lowest BCUT2D eigenvalue weighted by Crippen LogP contribution is -2.39. The van der Waals surface area contributed by atoms with Crippen molar-refractivity contribution in [3.63, 3.8) is 0 Å². The lowest BCUT2D eigenvalue weighted by atomic mass is 10.1. The van der Waals surface area contributed by atoms with Gasteiger partial charge in [0.1, 0.15) is 0 Å². The summed E-state index contributed by atoms with van der Waals surface area (Å²) in [6, 6.07) is 8.70. The van der Waals surface area contributed by atoms with Crippen molar-refractivity contribution in [2.24, 2.45) is 0 Å². The maximum atomic E-state index is 13.5. The molecule has 2 amide bonds. The topological polar surface area (TPSA) is 87.5 Å². The first-order valence-corrected chi connectivity index (χ1v) is 12.3. The fraction of sp³-hybridized carbons (Fsp3) is 0.292. The number of alkyl halides is 3. The van der Waals surface area contributed by atoms with Gasteiger partial charge in [0.05, 0.1) is 34.8 Å². The van der Waals surface area contributed by atoms with Crippen molar-refractivity contribution in [3.05, 3.63) is 69.2 Å². The van der Waals surface area contributed by atoms with Gasteiger partial charge in [0.25, 0.3) is 11.1 Å². The number of carbonyl (C=O) groups excluding carboxylic acids is 2. The highest BCUT2D eigenvalue weighted by atomic mass is 35.5. The summed E-state index contributed by atoms with van der Waals surface area (Å²) in [6.45, 7) is 0.521. The summed E-state index contributed by atoms with van der Waals surface area (Å²) in [5.74, 6) is -0.397. The number of carbonyl (C=O) groups is 2. The van der Waals surface area contributed by atoms with E-state index in [9.17, 15) is 27.9 Å². The molecule has 2 N–H and O–H groups in total. The molecular weight excluding hydrogens is 517 g/mol. The maximum Gasteiger partial charge on any atom is 0.416 e. The maximum absolute atomic E-state index is 13.5. The Morgan fingerprint density at radius 2 is 2.03 bits per heavy atom. The quantitative estimate of drug-likeness (QED) is 0.466. The van der Waals surface area contributed by atoms with Gasteiger partial charge in [0.15, 0.2) is 0 Å².